The molecule has 1 saturated heterocycles. The highest BCUT2D eigenvalue weighted by Crippen LogP contribution is 2.10. The monoisotopic (exact) mass is 214 g/mol. The van der Waals surface area contributed by atoms with Crippen LogP contribution >= 0.6 is 11.8 Å². The normalized spacial score (nSPS) is 19.2. The highest BCUT2D eigenvalue weighted by molar-refractivity contribution is 7.99. The highest BCUT2D eigenvalue weighted by Gasteiger charge is 2.09. The van der Waals surface area contributed by atoms with Gasteiger partial charge in [-0.2, -0.15) is 11.8 Å². The molecule has 1 rings (SSSR count). The molecule has 0 saturated carbocycles. The summed E-state index contributed by atoms with van der Waals surface area (Å²) in [6.07, 6.45) is 1.33. The van der Waals surface area contributed by atoms with Gasteiger partial charge in [0.1, 0.15) is 0 Å². The lowest BCUT2D eigenvalue weighted by Gasteiger charge is -2.20. The van der Waals surface area contributed by atoms with Crippen molar-refractivity contribution in [2.45, 2.75) is 13.3 Å². The summed E-state index contributed by atoms with van der Waals surface area (Å²) >= 11 is 2.08. The molecule has 0 bridgehead atoms. The van der Waals surface area contributed by atoms with Crippen molar-refractivity contribution in [2.75, 3.05) is 44.2 Å². The van der Waals surface area contributed by atoms with Gasteiger partial charge in [0.05, 0.1) is 0 Å². The molecule has 1 fully saturated rings. The molecule has 0 spiro atoms. The molecule has 1 heterocycles. The highest BCUT2D eigenvalue weighted by atomic mass is 32.2. The van der Waals surface area contributed by atoms with E-state index in [4.69, 9.17) is 0 Å². The fraction of sp³-hybridized carbons (Fsp3) is 0.818. The maximum atomic E-state index is 4.11. The SMILES string of the molecule is C=C(CNCC)CN1CCCSCC1. The number of rotatable bonds is 5. The largest absolute Gasteiger partial charge is 0.313 e. The van der Waals surface area contributed by atoms with Gasteiger partial charge in [-0.3, -0.25) is 4.90 Å². The molecule has 1 N–H and O–H groups in total. The molecule has 0 radical (unpaired) electrons. The number of nitrogens with one attached hydrogen (secondary N) is 1. The molecule has 1 aliphatic heterocycles. The van der Waals surface area contributed by atoms with Crippen LogP contribution in [0.25, 0.3) is 0 Å². The third kappa shape index (κ3) is 5.03. The summed E-state index contributed by atoms with van der Waals surface area (Å²) < 4.78 is 0. The molecule has 0 atom stereocenters. The topological polar surface area (TPSA) is 15.3 Å². The van der Waals surface area contributed by atoms with E-state index >= 15 is 0 Å². The van der Waals surface area contributed by atoms with Gasteiger partial charge in [0.25, 0.3) is 0 Å². The van der Waals surface area contributed by atoms with Gasteiger partial charge in [-0.15, -0.1) is 0 Å². The third-order valence-electron chi connectivity index (χ3n) is 2.39. The van der Waals surface area contributed by atoms with Crippen LogP contribution in [0.2, 0.25) is 0 Å². The first-order chi connectivity index (χ1) is 6.83. The molecule has 14 heavy (non-hydrogen) atoms. The Kier molecular flexibility index (Phi) is 6.32. The summed E-state index contributed by atoms with van der Waals surface area (Å²) in [5, 5.41) is 3.32. The van der Waals surface area contributed by atoms with Crippen LogP contribution in [-0.2, 0) is 0 Å². The van der Waals surface area contributed by atoms with Gasteiger partial charge in [-0.25, -0.2) is 0 Å². The summed E-state index contributed by atoms with van der Waals surface area (Å²) in [5.74, 6) is 2.62. The van der Waals surface area contributed by atoms with Crippen molar-refractivity contribution in [3.8, 4) is 0 Å². The fourth-order valence-electron chi connectivity index (χ4n) is 1.63. The van der Waals surface area contributed by atoms with Crippen LogP contribution in [0.4, 0.5) is 0 Å². The van der Waals surface area contributed by atoms with E-state index in [2.05, 4.69) is 35.5 Å². The molecule has 0 amide bonds. The Bertz CT molecular complexity index is 163. The molecule has 82 valence electrons. The van der Waals surface area contributed by atoms with Gasteiger partial charge in [0.15, 0.2) is 0 Å². The minimum atomic E-state index is 0.972. The zero-order valence-corrected chi connectivity index (χ0v) is 10.0. The van der Waals surface area contributed by atoms with E-state index < -0.39 is 0 Å². The molecular weight excluding hydrogens is 192 g/mol. The Morgan fingerprint density at radius 3 is 3.07 bits per heavy atom. The van der Waals surface area contributed by atoms with E-state index in [0.29, 0.717) is 0 Å². The van der Waals surface area contributed by atoms with Gasteiger partial charge < -0.3 is 5.32 Å². The Hall–Kier alpha value is 0.0100. The number of hydrogen-bond donors (Lipinski definition) is 1. The van der Waals surface area contributed by atoms with E-state index in [-0.39, 0.29) is 0 Å². The lowest BCUT2D eigenvalue weighted by atomic mass is 10.2. The van der Waals surface area contributed by atoms with Gasteiger partial charge in [0.2, 0.25) is 0 Å². The summed E-state index contributed by atoms with van der Waals surface area (Å²) in [6, 6.07) is 0. The van der Waals surface area contributed by atoms with Crippen LogP contribution in [0.1, 0.15) is 13.3 Å². The van der Waals surface area contributed by atoms with Crippen molar-refractivity contribution >= 4 is 11.8 Å². The molecule has 0 aromatic rings. The summed E-state index contributed by atoms with van der Waals surface area (Å²) in [4.78, 5) is 2.53. The summed E-state index contributed by atoms with van der Waals surface area (Å²) in [5.41, 5.74) is 1.32. The fourth-order valence-corrected chi connectivity index (χ4v) is 2.55. The molecule has 1 aliphatic rings. The lowest BCUT2D eigenvalue weighted by molar-refractivity contribution is 0.318. The van der Waals surface area contributed by atoms with Crippen LogP contribution in [0.5, 0.6) is 0 Å². The molecule has 0 aliphatic carbocycles. The van der Waals surface area contributed by atoms with Gasteiger partial charge in [-0.1, -0.05) is 13.5 Å². The maximum absolute atomic E-state index is 4.11. The molecule has 3 heteroatoms. The number of nitrogens with zero attached hydrogens (tertiary/aromatic N) is 1. The first kappa shape index (κ1) is 12.1. The predicted octanol–water partition coefficient (Wildman–Crippen LogP) is 1.59. The van der Waals surface area contributed by atoms with Gasteiger partial charge in [-0.05, 0) is 30.8 Å². The van der Waals surface area contributed by atoms with Crippen molar-refractivity contribution in [1.29, 1.82) is 0 Å². The zero-order chi connectivity index (χ0) is 10.2. The number of likely N-dealkylation sites (N-methyl/N-ethyl adjacent to an activating group) is 1. The Morgan fingerprint density at radius 2 is 2.29 bits per heavy atom. The van der Waals surface area contributed by atoms with Crippen LogP contribution in [0.15, 0.2) is 12.2 Å². The smallest absolute Gasteiger partial charge is 0.0203 e. The van der Waals surface area contributed by atoms with Crippen molar-refractivity contribution < 1.29 is 0 Å². The minimum Gasteiger partial charge on any atom is -0.313 e. The van der Waals surface area contributed by atoms with E-state index in [9.17, 15) is 0 Å². The number of hydrogen-bond acceptors (Lipinski definition) is 3. The zero-order valence-electron chi connectivity index (χ0n) is 9.22. The Balaban J connectivity index is 2.17. The molecule has 0 aromatic heterocycles. The first-order valence-electron chi connectivity index (χ1n) is 5.50. The van der Waals surface area contributed by atoms with Crippen LogP contribution < -0.4 is 5.32 Å². The summed E-state index contributed by atoms with van der Waals surface area (Å²) in [6.45, 7) is 11.8. The quantitative estimate of drug-likeness (QED) is 0.700. The van der Waals surface area contributed by atoms with Crippen molar-refractivity contribution in [3.05, 3.63) is 12.2 Å². The second-order valence-corrected chi connectivity index (χ2v) is 5.00. The minimum absolute atomic E-state index is 0.972. The van der Waals surface area contributed by atoms with E-state index in [1.165, 1.54) is 36.6 Å². The molecule has 2 nitrogen and oxygen atoms in total. The van der Waals surface area contributed by atoms with Crippen LogP contribution in [0.3, 0.4) is 0 Å². The lowest BCUT2D eigenvalue weighted by Crippen LogP contribution is -2.30. The second kappa shape index (κ2) is 7.32. The van der Waals surface area contributed by atoms with Crippen molar-refractivity contribution in [3.63, 3.8) is 0 Å². The van der Waals surface area contributed by atoms with Crippen molar-refractivity contribution in [2.24, 2.45) is 0 Å². The second-order valence-electron chi connectivity index (χ2n) is 3.77. The average Bonchev–Trinajstić information content (AvgIpc) is 2.43. The van der Waals surface area contributed by atoms with Crippen molar-refractivity contribution in [1.82, 2.24) is 10.2 Å². The average molecular weight is 214 g/mol. The van der Waals surface area contributed by atoms with E-state index in [1.54, 1.807) is 0 Å². The molecule has 0 aromatic carbocycles. The Morgan fingerprint density at radius 1 is 1.43 bits per heavy atom. The van der Waals surface area contributed by atoms with Crippen LogP contribution in [0, 0.1) is 0 Å². The van der Waals surface area contributed by atoms with Gasteiger partial charge >= 0.3 is 0 Å². The number of thioether (sulfide) groups is 1. The molecular formula is C11H22N2S. The Labute approximate surface area is 92.1 Å². The van der Waals surface area contributed by atoms with E-state index in [1.807, 2.05) is 0 Å². The standard InChI is InChI=1S/C11H22N2S/c1-3-12-9-11(2)10-13-5-4-7-14-8-6-13/h12H,2-10H2,1H3. The first-order valence-corrected chi connectivity index (χ1v) is 6.66. The van der Waals surface area contributed by atoms with Gasteiger partial charge in [0, 0.05) is 25.4 Å². The third-order valence-corrected chi connectivity index (χ3v) is 3.44. The summed E-state index contributed by atoms with van der Waals surface area (Å²) in [7, 11) is 0. The van der Waals surface area contributed by atoms with E-state index in [0.717, 1.165) is 19.6 Å². The predicted molar refractivity (Wildman–Crippen MR) is 66.1 cm³/mol. The van der Waals surface area contributed by atoms with Crippen LogP contribution in [-0.4, -0.2) is 49.1 Å². The molecule has 0 unspecified atom stereocenters. The maximum Gasteiger partial charge on any atom is 0.0203 e.